The Kier molecular flexibility index (Phi) is 6.11. The number of rotatable bonds is 5. The summed E-state index contributed by atoms with van der Waals surface area (Å²) in [7, 11) is 0. The summed E-state index contributed by atoms with van der Waals surface area (Å²) in [5, 5.41) is 9.42. The van der Waals surface area contributed by atoms with Crippen molar-refractivity contribution in [2.45, 2.75) is 77.7 Å². The number of ether oxygens (including phenoxy) is 1. The average molecular weight is 447 g/mol. The summed E-state index contributed by atoms with van der Waals surface area (Å²) in [6.45, 7) is 6.76. The second-order valence-electron chi connectivity index (χ2n) is 11.1. The highest BCUT2D eigenvalue weighted by Crippen LogP contribution is 2.65. The predicted octanol–water partition coefficient (Wildman–Crippen LogP) is 6.54. The van der Waals surface area contributed by atoms with Gasteiger partial charge in [0.15, 0.2) is 5.78 Å². The average Bonchev–Trinajstić information content (AvgIpc) is 3.12. The van der Waals surface area contributed by atoms with Crippen molar-refractivity contribution in [2.75, 3.05) is 6.61 Å². The van der Waals surface area contributed by atoms with Gasteiger partial charge in [-0.3, -0.25) is 4.79 Å². The standard InChI is InChI=1S/C30H38O3/c1-19(2)33-24-11-6-20(7-12-24)27-18-30(3)22(5-4-16-31)9-15-28(30)26-13-8-21-17-23(32)10-14-25(21)29(26)27/h4-7,11-12,17,19,22,26-28,31H,8-10,13-16,18H2,1-3H3/t22-,26+,27-,28+,30-/m1/s1. The Bertz CT molecular complexity index is 996. The first-order valence-corrected chi connectivity index (χ1v) is 12.9. The van der Waals surface area contributed by atoms with E-state index in [4.69, 9.17) is 4.74 Å². The van der Waals surface area contributed by atoms with Crippen LogP contribution in [0, 0.1) is 23.2 Å². The summed E-state index contributed by atoms with van der Waals surface area (Å²) in [5.41, 5.74) is 6.10. The van der Waals surface area contributed by atoms with Gasteiger partial charge >= 0.3 is 0 Å². The normalized spacial score (nSPS) is 33.7. The lowest BCUT2D eigenvalue weighted by atomic mass is 9.52. The Labute approximate surface area is 198 Å². The van der Waals surface area contributed by atoms with Crippen LogP contribution in [0.3, 0.4) is 0 Å². The Balaban J connectivity index is 1.59. The molecule has 0 saturated heterocycles. The van der Waals surface area contributed by atoms with E-state index in [-0.39, 0.29) is 18.1 Å². The number of ketones is 1. The van der Waals surface area contributed by atoms with Gasteiger partial charge < -0.3 is 9.84 Å². The number of benzene rings is 1. The molecule has 0 unspecified atom stereocenters. The van der Waals surface area contributed by atoms with E-state index in [9.17, 15) is 9.90 Å². The van der Waals surface area contributed by atoms with Gasteiger partial charge in [0, 0.05) is 12.3 Å². The van der Waals surface area contributed by atoms with Gasteiger partial charge in [-0.25, -0.2) is 0 Å². The van der Waals surface area contributed by atoms with Crippen molar-refractivity contribution in [1.82, 2.24) is 0 Å². The van der Waals surface area contributed by atoms with E-state index in [0.717, 1.165) is 25.0 Å². The SMILES string of the molecule is CC(C)Oc1ccc([C@H]2C[C@]3(C)[C@H](C=CCO)CC[C@H]3[C@@H]3CCC4=CC(=O)CCC4=C32)cc1. The van der Waals surface area contributed by atoms with Crippen molar-refractivity contribution >= 4 is 5.78 Å². The van der Waals surface area contributed by atoms with Crippen LogP contribution in [-0.4, -0.2) is 23.6 Å². The molecule has 33 heavy (non-hydrogen) atoms. The third kappa shape index (κ3) is 4.03. The Morgan fingerprint density at radius 2 is 1.91 bits per heavy atom. The molecule has 0 heterocycles. The first kappa shape index (κ1) is 22.7. The monoisotopic (exact) mass is 446 g/mol. The van der Waals surface area contributed by atoms with Crippen molar-refractivity contribution in [2.24, 2.45) is 23.2 Å². The maximum Gasteiger partial charge on any atom is 0.156 e. The van der Waals surface area contributed by atoms with Crippen molar-refractivity contribution in [3.05, 3.63) is 64.8 Å². The molecule has 1 aromatic rings. The quantitative estimate of drug-likeness (QED) is 0.523. The molecule has 0 aliphatic heterocycles. The highest BCUT2D eigenvalue weighted by molar-refractivity contribution is 5.93. The molecule has 5 atom stereocenters. The Hall–Kier alpha value is -2.13. The van der Waals surface area contributed by atoms with Crippen LogP contribution in [0.25, 0.3) is 0 Å². The molecule has 2 fully saturated rings. The summed E-state index contributed by atoms with van der Waals surface area (Å²) in [5.74, 6) is 3.44. The number of aliphatic hydroxyl groups is 1. The molecule has 1 N–H and O–H groups in total. The second kappa shape index (κ2) is 8.91. The number of hydrogen-bond donors (Lipinski definition) is 1. The molecule has 0 bridgehead atoms. The fraction of sp³-hybridized carbons (Fsp3) is 0.567. The zero-order valence-corrected chi connectivity index (χ0v) is 20.3. The van der Waals surface area contributed by atoms with Gasteiger partial charge in [0.2, 0.25) is 0 Å². The zero-order valence-electron chi connectivity index (χ0n) is 20.3. The van der Waals surface area contributed by atoms with Crippen molar-refractivity contribution < 1.29 is 14.6 Å². The highest BCUT2D eigenvalue weighted by Gasteiger charge is 2.55. The topological polar surface area (TPSA) is 46.5 Å². The van der Waals surface area contributed by atoms with Crippen LogP contribution >= 0.6 is 0 Å². The lowest BCUT2D eigenvalue weighted by molar-refractivity contribution is -0.114. The molecule has 0 aromatic heterocycles. The summed E-state index contributed by atoms with van der Waals surface area (Å²) in [6.07, 6.45) is 13.8. The molecule has 0 amide bonds. The van der Waals surface area contributed by atoms with E-state index in [1.807, 2.05) is 12.2 Å². The summed E-state index contributed by atoms with van der Waals surface area (Å²) in [4.78, 5) is 12.2. The predicted molar refractivity (Wildman–Crippen MR) is 132 cm³/mol. The first-order chi connectivity index (χ1) is 15.9. The maximum atomic E-state index is 12.2. The van der Waals surface area contributed by atoms with Crippen LogP contribution in [0.4, 0.5) is 0 Å². The molecule has 3 heteroatoms. The van der Waals surface area contributed by atoms with Crippen molar-refractivity contribution in [1.29, 1.82) is 0 Å². The van der Waals surface area contributed by atoms with E-state index in [0.29, 0.717) is 35.9 Å². The minimum atomic E-state index is 0.124. The maximum absolute atomic E-state index is 12.2. The molecule has 0 radical (unpaired) electrons. The zero-order chi connectivity index (χ0) is 23.2. The second-order valence-corrected chi connectivity index (χ2v) is 11.1. The Morgan fingerprint density at radius 1 is 1.12 bits per heavy atom. The van der Waals surface area contributed by atoms with E-state index in [1.54, 1.807) is 5.57 Å². The van der Waals surface area contributed by atoms with Crippen LogP contribution < -0.4 is 4.74 Å². The lowest BCUT2D eigenvalue weighted by Gasteiger charge is -2.52. The number of carbonyl (C=O) groups is 1. The molecule has 4 aliphatic carbocycles. The number of aliphatic hydroxyl groups excluding tert-OH is 1. The van der Waals surface area contributed by atoms with Gasteiger partial charge in [-0.05, 0) is 110 Å². The van der Waals surface area contributed by atoms with Crippen LogP contribution in [0.5, 0.6) is 5.75 Å². The minimum Gasteiger partial charge on any atom is -0.491 e. The largest absolute Gasteiger partial charge is 0.491 e. The molecule has 1 aromatic carbocycles. The fourth-order valence-corrected chi connectivity index (χ4v) is 7.59. The molecule has 3 nitrogen and oxygen atoms in total. The van der Waals surface area contributed by atoms with Crippen molar-refractivity contribution in [3.63, 3.8) is 0 Å². The molecule has 176 valence electrons. The summed E-state index contributed by atoms with van der Waals surface area (Å²) >= 11 is 0. The van der Waals surface area contributed by atoms with Gasteiger partial charge in [0.05, 0.1) is 12.7 Å². The van der Waals surface area contributed by atoms with Crippen LogP contribution in [0.2, 0.25) is 0 Å². The van der Waals surface area contributed by atoms with E-state index in [2.05, 4.69) is 51.1 Å². The van der Waals surface area contributed by atoms with Gasteiger partial charge in [-0.1, -0.05) is 36.8 Å². The first-order valence-electron chi connectivity index (χ1n) is 12.9. The van der Waals surface area contributed by atoms with Crippen LogP contribution in [0.1, 0.15) is 77.2 Å². The molecular weight excluding hydrogens is 408 g/mol. The van der Waals surface area contributed by atoms with Gasteiger partial charge in [-0.15, -0.1) is 0 Å². The molecule has 4 aliphatic rings. The third-order valence-electron chi connectivity index (χ3n) is 8.93. The van der Waals surface area contributed by atoms with Crippen LogP contribution in [0.15, 0.2) is 59.2 Å². The number of allylic oxidation sites excluding steroid dienone is 5. The highest BCUT2D eigenvalue weighted by atomic mass is 16.5. The van der Waals surface area contributed by atoms with Crippen LogP contribution in [-0.2, 0) is 4.79 Å². The molecule has 2 saturated carbocycles. The number of hydrogen-bond acceptors (Lipinski definition) is 3. The molecule has 0 spiro atoms. The van der Waals surface area contributed by atoms with Gasteiger partial charge in [-0.2, -0.15) is 0 Å². The number of carbonyl (C=O) groups excluding carboxylic acids is 1. The summed E-state index contributed by atoms with van der Waals surface area (Å²) < 4.78 is 5.92. The van der Waals surface area contributed by atoms with E-state index < -0.39 is 0 Å². The summed E-state index contributed by atoms with van der Waals surface area (Å²) in [6, 6.07) is 8.81. The molecule has 5 rings (SSSR count). The van der Waals surface area contributed by atoms with E-state index >= 15 is 0 Å². The van der Waals surface area contributed by atoms with E-state index in [1.165, 1.54) is 36.0 Å². The smallest absolute Gasteiger partial charge is 0.156 e. The molecular formula is C30H38O3. The Morgan fingerprint density at radius 3 is 2.64 bits per heavy atom. The fourth-order valence-electron chi connectivity index (χ4n) is 7.59. The van der Waals surface area contributed by atoms with Gasteiger partial charge in [0.25, 0.3) is 0 Å². The van der Waals surface area contributed by atoms with Gasteiger partial charge in [0.1, 0.15) is 5.75 Å². The number of fused-ring (bicyclic) bond motifs is 4. The third-order valence-corrected chi connectivity index (χ3v) is 8.93. The lowest BCUT2D eigenvalue weighted by Crippen LogP contribution is -2.43. The van der Waals surface area contributed by atoms with Crippen molar-refractivity contribution in [3.8, 4) is 5.75 Å². The minimum absolute atomic E-state index is 0.124.